The van der Waals surface area contributed by atoms with Crippen molar-refractivity contribution in [1.29, 1.82) is 0 Å². The summed E-state index contributed by atoms with van der Waals surface area (Å²) in [6.07, 6.45) is -2.98. The summed E-state index contributed by atoms with van der Waals surface area (Å²) in [5.41, 5.74) is -0.00104. The summed E-state index contributed by atoms with van der Waals surface area (Å²) in [5, 5.41) is 6.78. The van der Waals surface area contributed by atoms with Crippen molar-refractivity contribution in [1.82, 2.24) is 15.2 Å². The lowest BCUT2D eigenvalue weighted by atomic mass is 9.84. The van der Waals surface area contributed by atoms with E-state index in [1.807, 2.05) is 0 Å². The highest BCUT2D eigenvalue weighted by Crippen LogP contribution is 2.30. The lowest BCUT2D eigenvalue weighted by Gasteiger charge is -2.44. The molecule has 0 unspecified atom stereocenters. The van der Waals surface area contributed by atoms with E-state index in [1.54, 1.807) is 22.8 Å². The number of nitrogens with one attached hydrogen (secondary N) is 2. The zero-order valence-corrected chi connectivity index (χ0v) is 15.0. The molecule has 144 valence electrons. The second-order valence-corrected chi connectivity index (χ2v) is 7.81. The van der Waals surface area contributed by atoms with Crippen molar-refractivity contribution in [3.05, 3.63) is 23.2 Å². The molecule has 3 aliphatic heterocycles. The number of anilines is 1. The summed E-state index contributed by atoms with van der Waals surface area (Å²) in [6, 6.07) is 3.11. The number of pyridine rings is 1. The minimum absolute atomic E-state index is 0.00104. The number of aromatic nitrogens is 1. The van der Waals surface area contributed by atoms with E-state index < -0.39 is 18.0 Å². The number of thiophene rings is 1. The summed E-state index contributed by atoms with van der Waals surface area (Å²) in [7, 11) is 0. The Bertz CT molecular complexity index is 890. The van der Waals surface area contributed by atoms with Gasteiger partial charge in [0.2, 0.25) is 0 Å². The number of rotatable bonds is 3. The predicted octanol–water partition coefficient (Wildman–Crippen LogP) is 2.62. The van der Waals surface area contributed by atoms with E-state index in [0.717, 1.165) is 32.5 Å². The van der Waals surface area contributed by atoms with E-state index in [2.05, 4.69) is 15.2 Å². The van der Waals surface area contributed by atoms with Gasteiger partial charge in [-0.2, -0.15) is 13.2 Å². The average Bonchev–Trinajstić information content (AvgIpc) is 3.10. The van der Waals surface area contributed by atoms with Crippen molar-refractivity contribution >= 4 is 39.1 Å². The minimum Gasteiger partial charge on any atom is -0.346 e. The van der Waals surface area contributed by atoms with Crippen LogP contribution in [0, 0.1) is 5.92 Å². The molecule has 27 heavy (non-hydrogen) atoms. The standard InChI is InChI=1S/C17H17F3N4O2S/c18-17(19,20)16(26)23-14-10-3-6-27-13(10)7-11(21-14)15(25)22-12-8-24-4-1-9(12)2-5-24/h3,6-7,9,12H,1-2,4-5,8H2,(H,22,25)(H,21,23,26)/t12-/m0/s1. The molecule has 0 aliphatic carbocycles. The molecule has 0 radical (unpaired) electrons. The minimum atomic E-state index is -5.03. The van der Waals surface area contributed by atoms with Gasteiger partial charge in [-0.15, -0.1) is 11.3 Å². The summed E-state index contributed by atoms with van der Waals surface area (Å²) in [5.74, 6) is -2.40. The van der Waals surface area contributed by atoms with Crippen LogP contribution in [0.15, 0.2) is 17.5 Å². The molecule has 5 rings (SSSR count). The molecule has 2 amide bonds. The monoisotopic (exact) mass is 398 g/mol. The van der Waals surface area contributed by atoms with Crippen LogP contribution in [0.25, 0.3) is 10.1 Å². The molecule has 1 atom stereocenters. The number of hydrogen-bond donors (Lipinski definition) is 2. The molecule has 2 N–H and O–H groups in total. The number of piperidine rings is 3. The fourth-order valence-corrected chi connectivity index (χ4v) is 4.55. The third kappa shape index (κ3) is 3.63. The molecule has 10 heteroatoms. The Morgan fingerprint density at radius 2 is 2.00 bits per heavy atom. The second kappa shape index (κ2) is 6.75. The van der Waals surface area contributed by atoms with Gasteiger partial charge in [-0.3, -0.25) is 9.59 Å². The molecular weight excluding hydrogens is 381 g/mol. The molecule has 3 fully saturated rings. The van der Waals surface area contributed by atoms with Gasteiger partial charge in [0.1, 0.15) is 11.5 Å². The van der Waals surface area contributed by atoms with Crippen LogP contribution in [0.3, 0.4) is 0 Å². The molecule has 5 heterocycles. The summed E-state index contributed by atoms with van der Waals surface area (Å²) < 4.78 is 38.4. The van der Waals surface area contributed by atoms with Gasteiger partial charge in [-0.25, -0.2) is 4.98 Å². The molecule has 3 aliphatic rings. The predicted molar refractivity (Wildman–Crippen MR) is 94.7 cm³/mol. The van der Waals surface area contributed by atoms with Gasteiger partial charge in [0.05, 0.1) is 0 Å². The van der Waals surface area contributed by atoms with E-state index >= 15 is 0 Å². The first-order valence-corrected chi connectivity index (χ1v) is 9.49. The highest BCUT2D eigenvalue weighted by Gasteiger charge is 2.39. The van der Waals surface area contributed by atoms with Gasteiger partial charge < -0.3 is 15.5 Å². The molecule has 3 saturated heterocycles. The summed E-state index contributed by atoms with van der Waals surface area (Å²) in [6.45, 7) is 2.84. The second-order valence-electron chi connectivity index (χ2n) is 6.86. The smallest absolute Gasteiger partial charge is 0.346 e. The van der Waals surface area contributed by atoms with Crippen LogP contribution in [0.2, 0.25) is 0 Å². The molecule has 0 spiro atoms. The first-order chi connectivity index (χ1) is 12.8. The number of amides is 2. The number of carbonyl (C=O) groups excluding carboxylic acids is 2. The van der Waals surface area contributed by atoms with Crippen LogP contribution in [0.4, 0.5) is 19.0 Å². The SMILES string of the molecule is O=C(N[C@H]1CN2CCC1CC2)c1cc2sccc2c(NC(=O)C(F)(F)F)n1. The Labute approximate surface area is 156 Å². The first kappa shape index (κ1) is 18.2. The van der Waals surface area contributed by atoms with Crippen molar-refractivity contribution in [3.63, 3.8) is 0 Å². The number of carbonyl (C=O) groups is 2. The molecule has 2 aromatic heterocycles. The van der Waals surface area contributed by atoms with E-state index in [0.29, 0.717) is 16.0 Å². The maximum atomic E-state index is 12.7. The van der Waals surface area contributed by atoms with Gasteiger partial charge in [-0.05, 0) is 49.4 Å². The van der Waals surface area contributed by atoms with Gasteiger partial charge in [0.15, 0.2) is 0 Å². The van der Waals surface area contributed by atoms with Crippen molar-refractivity contribution < 1.29 is 22.8 Å². The summed E-state index contributed by atoms with van der Waals surface area (Å²) in [4.78, 5) is 30.3. The lowest BCUT2D eigenvalue weighted by molar-refractivity contribution is -0.167. The number of halogens is 3. The maximum absolute atomic E-state index is 12.7. The molecule has 6 nitrogen and oxygen atoms in total. The normalized spacial score (nSPS) is 24.8. The van der Waals surface area contributed by atoms with Crippen LogP contribution in [-0.2, 0) is 4.79 Å². The van der Waals surface area contributed by atoms with Crippen LogP contribution < -0.4 is 10.6 Å². The van der Waals surface area contributed by atoms with E-state index in [-0.39, 0.29) is 17.6 Å². The quantitative estimate of drug-likeness (QED) is 0.834. The Kier molecular flexibility index (Phi) is 4.55. The molecular formula is C17H17F3N4O2S. The van der Waals surface area contributed by atoms with Crippen molar-refractivity contribution in [2.45, 2.75) is 25.1 Å². The number of hydrogen-bond acceptors (Lipinski definition) is 5. The third-order valence-electron chi connectivity index (χ3n) is 5.15. The molecule has 0 saturated carbocycles. The Hall–Kier alpha value is -2.20. The largest absolute Gasteiger partial charge is 0.471 e. The van der Waals surface area contributed by atoms with Crippen LogP contribution >= 0.6 is 11.3 Å². The zero-order chi connectivity index (χ0) is 19.2. The topological polar surface area (TPSA) is 74.3 Å². The van der Waals surface area contributed by atoms with E-state index in [9.17, 15) is 22.8 Å². The van der Waals surface area contributed by atoms with E-state index in [4.69, 9.17) is 0 Å². The molecule has 2 bridgehead atoms. The van der Waals surface area contributed by atoms with E-state index in [1.165, 1.54) is 11.3 Å². The molecule has 2 aromatic rings. The van der Waals surface area contributed by atoms with Crippen molar-refractivity contribution in [2.75, 3.05) is 25.0 Å². The summed E-state index contributed by atoms with van der Waals surface area (Å²) >= 11 is 1.27. The van der Waals surface area contributed by atoms with Crippen LogP contribution in [-0.4, -0.2) is 53.6 Å². The highest BCUT2D eigenvalue weighted by molar-refractivity contribution is 7.17. The number of alkyl halides is 3. The van der Waals surface area contributed by atoms with Crippen LogP contribution in [0.5, 0.6) is 0 Å². The number of nitrogens with zero attached hydrogens (tertiary/aromatic N) is 2. The van der Waals surface area contributed by atoms with Crippen molar-refractivity contribution in [3.8, 4) is 0 Å². The Balaban J connectivity index is 1.58. The van der Waals surface area contributed by atoms with Gasteiger partial charge in [-0.1, -0.05) is 0 Å². The average molecular weight is 398 g/mol. The van der Waals surface area contributed by atoms with Gasteiger partial charge in [0.25, 0.3) is 5.91 Å². The van der Waals surface area contributed by atoms with Crippen LogP contribution in [0.1, 0.15) is 23.3 Å². The van der Waals surface area contributed by atoms with Gasteiger partial charge in [0, 0.05) is 22.7 Å². The highest BCUT2D eigenvalue weighted by atomic mass is 32.1. The fraction of sp³-hybridized carbons (Fsp3) is 0.471. The van der Waals surface area contributed by atoms with Gasteiger partial charge >= 0.3 is 12.1 Å². The first-order valence-electron chi connectivity index (χ1n) is 8.61. The third-order valence-corrected chi connectivity index (χ3v) is 6.01. The fourth-order valence-electron chi connectivity index (χ4n) is 3.73. The number of fused-ring (bicyclic) bond motifs is 4. The zero-order valence-electron chi connectivity index (χ0n) is 14.2. The lowest BCUT2D eigenvalue weighted by Crippen LogP contribution is -2.57. The maximum Gasteiger partial charge on any atom is 0.471 e. The van der Waals surface area contributed by atoms with Crippen molar-refractivity contribution in [2.24, 2.45) is 5.92 Å². The molecule has 0 aromatic carbocycles. The Morgan fingerprint density at radius 1 is 1.26 bits per heavy atom. The Morgan fingerprint density at radius 3 is 2.63 bits per heavy atom.